The van der Waals surface area contributed by atoms with Gasteiger partial charge in [-0.1, -0.05) is 0 Å². The van der Waals surface area contributed by atoms with Crippen molar-refractivity contribution < 1.29 is 19.6 Å². The van der Waals surface area contributed by atoms with Crippen LogP contribution in [0.4, 0.5) is 5.69 Å². The van der Waals surface area contributed by atoms with Crippen LogP contribution in [0.5, 0.6) is 11.5 Å². The maximum atomic E-state index is 10.8. The van der Waals surface area contributed by atoms with Crippen LogP contribution in [0.3, 0.4) is 0 Å². The van der Waals surface area contributed by atoms with Crippen LogP contribution in [-0.4, -0.2) is 21.0 Å². The zero-order valence-corrected chi connectivity index (χ0v) is 10.4. The quantitative estimate of drug-likeness (QED) is 0.679. The van der Waals surface area contributed by atoms with E-state index in [1.165, 1.54) is 24.5 Å². The van der Waals surface area contributed by atoms with E-state index in [-0.39, 0.29) is 22.7 Å². The molecule has 0 fully saturated rings. The smallest absolute Gasteiger partial charge is 0.337 e. The summed E-state index contributed by atoms with van der Waals surface area (Å²) in [5, 5.41) is 19.7. The number of hydrogen-bond donors (Lipinski definition) is 1. The third-order valence-corrected chi connectivity index (χ3v) is 2.57. The van der Waals surface area contributed by atoms with Crippen molar-refractivity contribution in [2.75, 3.05) is 0 Å². The van der Waals surface area contributed by atoms with Crippen molar-refractivity contribution >= 4 is 11.7 Å². The third kappa shape index (κ3) is 2.89. The molecule has 0 saturated carbocycles. The van der Waals surface area contributed by atoms with Gasteiger partial charge in [-0.25, -0.2) is 4.79 Å². The van der Waals surface area contributed by atoms with Crippen molar-refractivity contribution in [2.24, 2.45) is 0 Å². The number of aromatic nitrogens is 1. The number of carboxylic acids is 1. The van der Waals surface area contributed by atoms with Crippen molar-refractivity contribution in [2.45, 2.75) is 6.92 Å². The molecule has 0 aliphatic heterocycles. The fourth-order valence-corrected chi connectivity index (χ4v) is 1.58. The highest BCUT2D eigenvalue weighted by molar-refractivity contribution is 5.87. The Morgan fingerprint density at radius 2 is 2.05 bits per heavy atom. The van der Waals surface area contributed by atoms with Gasteiger partial charge in [-0.15, -0.1) is 0 Å². The molecular weight excluding hydrogens is 264 g/mol. The van der Waals surface area contributed by atoms with Crippen LogP contribution in [0, 0.1) is 17.0 Å². The number of nitrogens with zero attached hydrogens (tertiary/aromatic N) is 2. The molecule has 1 aromatic carbocycles. The highest BCUT2D eigenvalue weighted by atomic mass is 16.6. The lowest BCUT2D eigenvalue weighted by atomic mass is 10.2. The van der Waals surface area contributed by atoms with Gasteiger partial charge in [0.05, 0.1) is 22.7 Å². The predicted molar refractivity (Wildman–Crippen MR) is 69.1 cm³/mol. The van der Waals surface area contributed by atoms with E-state index in [0.29, 0.717) is 5.56 Å². The van der Waals surface area contributed by atoms with Gasteiger partial charge < -0.3 is 9.84 Å². The van der Waals surface area contributed by atoms with Crippen LogP contribution in [-0.2, 0) is 0 Å². The van der Waals surface area contributed by atoms with E-state index in [1.54, 1.807) is 19.1 Å². The van der Waals surface area contributed by atoms with Gasteiger partial charge in [-0.05, 0) is 25.1 Å². The van der Waals surface area contributed by atoms with Gasteiger partial charge in [0, 0.05) is 11.8 Å². The number of nitro benzene ring substituents is 1. The first-order valence-electron chi connectivity index (χ1n) is 5.58. The highest BCUT2D eigenvalue weighted by Crippen LogP contribution is 2.27. The average Bonchev–Trinajstić information content (AvgIpc) is 2.41. The van der Waals surface area contributed by atoms with Crippen LogP contribution < -0.4 is 4.74 Å². The van der Waals surface area contributed by atoms with E-state index < -0.39 is 10.9 Å². The molecule has 0 amide bonds. The Balaban J connectivity index is 2.30. The summed E-state index contributed by atoms with van der Waals surface area (Å²) in [5.41, 5.74) is 0.425. The minimum absolute atomic E-state index is 0.0240. The summed E-state index contributed by atoms with van der Waals surface area (Å²) < 4.78 is 5.38. The molecule has 0 aliphatic carbocycles. The van der Waals surface area contributed by atoms with Crippen LogP contribution in [0.25, 0.3) is 0 Å². The van der Waals surface area contributed by atoms with Gasteiger partial charge in [0.1, 0.15) is 11.5 Å². The maximum Gasteiger partial charge on any atom is 0.337 e. The Labute approximate surface area is 113 Å². The number of ether oxygens (including phenoxy) is 1. The van der Waals surface area contributed by atoms with Gasteiger partial charge in [-0.2, -0.15) is 0 Å². The van der Waals surface area contributed by atoms with Crippen molar-refractivity contribution in [3.63, 3.8) is 0 Å². The summed E-state index contributed by atoms with van der Waals surface area (Å²) in [7, 11) is 0. The molecule has 0 bridgehead atoms. The van der Waals surface area contributed by atoms with Gasteiger partial charge in [0.2, 0.25) is 0 Å². The zero-order valence-electron chi connectivity index (χ0n) is 10.4. The molecule has 1 aromatic heterocycles. The molecule has 0 unspecified atom stereocenters. The third-order valence-electron chi connectivity index (χ3n) is 2.57. The van der Waals surface area contributed by atoms with E-state index in [9.17, 15) is 14.9 Å². The molecule has 2 rings (SSSR count). The molecule has 2 aromatic rings. The summed E-state index contributed by atoms with van der Waals surface area (Å²) in [6, 6.07) is 5.70. The van der Waals surface area contributed by atoms with E-state index in [1.807, 2.05) is 0 Å². The molecule has 7 nitrogen and oxygen atoms in total. The second kappa shape index (κ2) is 5.35. The average molecular weight is 274 g/mol. The van der Waals surface area contributed by atoms with E-state index >= 15 is 0 Å². The number of benzene rings is 1. The number of hydrogen-bond acceptors (Lipinski definition) is 5. The Kier molecular flexibility index (Phi) is 3.60. The largest absolute Gasteiger partial charge is 0.478 e. The second-order valence-electron chi connectivity index (χ2n) is 4.02. The van der Waals surface area contributed by atoms with Crippen LogP contribution in [0.2, 0.25) is 0 Å². The lowest BCUT2D eigenvalue weighted by molar-refractivity contribution is -0.385. The number of pyridine rings is 1. The zero-order chi connectivity index (χ0) is 14.7. The Bertz CT molecular complexity index is 684. The first-order valence-corrected chi connectivity index (χ1v) is 5.58. The maximum absolute atomic E-state index is 10.8. The summed E-state index contributed by atoms with van der Waals surface area (Å²) >= 11 is 0. The summed E-state index contributed by atoms with van der Waals surface area (Å²) in [6.07, 6.45) is 2.52. The van der Waals surface area contributed by atoms with Crippen molar-refractivity contribution in [1.29, 1.82) is 0 Å². The predicted octanol–water partition coefficient (Wildman–Crippen LogP) is 2.79. The minimum Gasteiger partial charge on any atom is -0.478 e. The molecule has 1 heterocycles. The van der Waals surface area contributed by atoms with Gasteiger partial charge in [-0.3, -0.25) is 15.1 Å². The topological polar surface area (TPSA) is 103 Å². The molecule has 0 saturated heterocycles. The van der Waals surface area contributed by atoms with Gasteiger partial charge in [0.15, 0.2) is 0 Å². The SMILES string of the molecule is Cc1ccc(Oc2cncc(C(=O)O)c2)cc1[N+](=O)[O-]. The van der Waals surface area contributed by atoms with E-state index in [2.05, 4.69) is 4.98 Å². The molecular formula is C13H10N2O5. The Morgan fingerprint density at radius 3 is 2.70 bits per heavy atom. The molecule has 7 heteroatoms. The number of carbonyl (C=O) groups is 1. The van der Waals surface area contributed by atoms with Crippen molar-refractivity contribution in [1.82, 2.24) is 4.98 Å². The fourth-order valence-electron chi connectivity index (χ4n) is 1.58. The lowest BCUT2D eigenvalue weighted by Crippen LogP contribution is -1.98. The van der Waals surface area contributed by atoms with E-state index in [4.69, 9.17) is 9.84 Å². The van der Waals surface area contributed by atoms with Gasteiger partial charge >= 0.3 is 5.97 Å². The summed E-state index contributed by atoms with van der Waals surface area (Å²) in [4.78, 5) is 24.9. The normalized spacial score (nSPS) is 10.1. The summed E-state index contributed by atoms with van der Waals surface area (Å²) in [6.45, 7) is 1.62. The number of nitro groups is 1. The molecule has 20 heavy (non-hydrogen) atoms. The molecule has 0 aliphatic rings. The number of aryl methyl sites for hydroxylation is 1. The number of carboxylic acid groups (broad SMARTS) is 1. The monoisotopic (exact) mass is 274 g/mol. The fraction of sp³-hybridized carbons (Fsp3) is 0.0769. The molecule has 0 atom stereocenters. The Hall–Kier alpha value is -2.96. The summed E-state index contributed by atoms with van der Waals surface area (Å²) in [5.74, 6) is -0.687. The lowest BCUT2D eigenvalue weighted by Gasteiger charge is -2.06. The molecule has 1 N–H and O–H groups in total. The highest BCUT2D eigenvalue weighted by Gasteiger charge is 2.12. The van der Waals surface area contributed by atoms with Crippen LogP contribution >= 0.6 is 0 Å². The molecule has 102 valence electrons. The van der Waals surface area contributed by atoms with Crippen molar-refractivity contribution in [3.05, 3.63) is 57.9 Å². The number of aromatic carboxylic acids is 1. The molecule has 0 spiro atoms. The van der Waals surface area contributed by atoms with Crippen molar-refractivity contribution in [3.8, 4) is 11.5 Å². The standard InChI is InChI=1S/C13H10N2O5/c1-8-2-3-10(5-12(8)15(18)19)20-11-4-9(13(16)17)6-14-7-11/h2-7H,1H3,(H,16,17). The Morgan fingerprint density at radius 1 is 1.30 bits per heavy atom. The molecule has 0 radical (unpaired) electrons. The first-order chi connectivity index (χ1) is 9.47. The van der Waals surface area contributed by atoms with E-state index in [0.717, 1.165) is 0 Å². The second-order valence-corrected chi connectivity index (χ2v) is 4.02. The number of rotatable bonds is 4. The van der Waals surface area contributed by atoms with Gasteiger partial charge in [0.25, 0.3) is 5.69 Å². The minimum atomic E-state index is -1.13. The van der Waals surface area contributed by atoms with Crippen LogP contribution in [0.15, 0.2) is 36.7 Å². The first kappa shape index (κ1) is 13.5. The van der Waals surface area contributed by atoms with Crippen LogP contribution in [0.1, 0.15) is 15.9 Å².